The van der Waals surface area contributed by atoms with E-state index in [9.17, 15) is 0 Å². The van der Waals surface area contributed by atoms with Gasteiger partial charge in [0.25, 0.3) is 0 Å². The van der Waals surface area contributed by atoms with Gasteiger partial charge in [0.05, 0.1) is 12.2 Å². The molecule has 1 saturated heterocycles. The molecule has 0 amide bonds. The summed E-state index contributed by atoms with van der Waals surface area (Å²) in [6.45, 7) is 8.21. The number of ether oxygens (including phenoxy) is 2. The average molecular weight is 158 g/mol. The lowest BCUT2D eigenvalue weighted by molar-refractivity contribution is -0.296. The molecule has 0 aliphatic carbocycles. The first-order chi connectivity index (χ1) is 5.03. The molecule has 0 radical (unpaired) electrons. The van der Waals surface area contributed by atoms with Crippen molar-refractivity contribution in [2.45, 2.75) is 58.5 Å². The zero-order valence-corrected chi connectivity index (χ0v) is 7.89. The van der Waals surface area contributed by atoms with E-state index in [2.05, 4.69) is 13.8 Å². The molecule has 1 fully saturated rings. The van der Waals surface area contributed by atoms with Gasteiger partial charge in [-0.05, 0) is 33.6 Å². The summed E-state index contributed by atoms with van der Waals surface area (Å²) in [6.07, 6.45) is 2.83. The predicted molar refractivity (Wildman–Crippen MR) is 44.4 cm³/mol. The van der Waals surface area contributed by atoms with Gasteiger partial charge in [-0.2, -0.15) is 0 Å². The van der Waals surface area contributed by atoms with Crippen LogP contribution in [0.4, 0.5) is 0 Å². The van der Waals surface area contributed by atoms with E-state index in [1.807, 2.05) is 13.8 Å². The van der Waals surface area contributed by atoms with E-state index in [1.165, 1.54) is 0 Å². The Labute approximate surface area is 68.9 Å². The Balaban J connectivity index is 2.51. The third kappa shape index (κ3) is 2.46. The Morgan fingerprint density at radius 1 is 1.36 bits per heavy atom. The normalized spacial score (nSPS) is 37.1. The number of rotatable bonds is 1. The summed E-state index contributed by atoms with van der Waals surface area (Å²) < 4.78 is 11.3. The van der Waals surface area contributed by atoms with Crippen LogP contribution in [0, 0.1) is 0 Å². The fraction of sp³-hybridized carbons (Fsp3) is 1.00. The number of hydrogen-bond acceptors (Lipinski definition) is 2. The maximum absolute atomic E-state index is 5.67. The van der Waals surface area contributed by atoms with Gasteiger partial charge in [-0.25, -0.2) is 0 Å². The smallest absolute Gasteiger partial charge is 0.163 e. The lowest BCUT2D eigenvalue weighted by atomic mass is 10.1. The molecule has 11 heavy (non-hydrogen) atoms. The van der Waals surface area contributed by atoms with Crippen molar-refractivity contribution in [2.24, 2.45) is 0 Å². The highest BCUT2D eigenvalue weighted by Crippen LogP contribution is 2.27. The second kappa shape index (κ2) is 3.11. The van der Waals surface area contributed by atoms with Crippen LogP contribution >= 0.6 is 0 Å². The first-order valence-electron chi connectivity index (χ1n) is 4.39. The quantitative estimate of drug-likeness (QED) is 0.583. The Bertz CT molecular complexity index is 132. The first kappa shape index (κ1) is 9.01. The van der Waals surface area contributed by atoms with Crippen LogP contribution < -0.4 is 0 Å². The Hall–Kier alpha value is -0.0800. The Kier molecular flexibility index (Phi) is 2.55. The summed E-state index contributed by atoms with van der Waals surface area (Å²) in [5.74, 6) is -0.377. The lowest BCUT2D eigenvalue weighted by Gasteiger charge is -2.39. The largest absolute Gasteiger partial charge is 0.347 e. The summed E-state index contributed by atoms with van der Waals surface area (Å²) in [7, 11) is 0. The van der Waals surface area contributed by atoms with Crippen molar-refractivity contribution in [3.05, 3.63) is 0 Å². The minimum atomic E-state index is -0.377. The van der Waals surface area contributed by atoms with Crippen molar-refractivity contribution < 1.29 is 9.47 Å². The van der Waals surface area contributed by atoms with E-state index in [0.29, 0.717) is 12.2 Å². The Morgan fingerprint density at radius 2 is 2.00 bits per heavy atom. The van der Waals surface area contributed by atoms with E-state index >= 15 is 0 Å². The van der Waals surface area contributed by atoms with Gasteiger partial charge in [-0.1, -0.05) is 6.92 Å². The van der Waals surface area contributed by atoms with Crippen LogP contribution in [0.1, 0.15) is 40.5 Å². The van der Waals surface area contributed by atoms with Crippen molar-refractivity contribution in [1.82, 2.24) is 0 Å². The van der Waals surface area contributed by atoms with Crippen LogP contribution in [0.25, 0.3) is 0 Å². The van der Waals surface area contributed by atoms with Crippen LogP contribution in [0.3, 0.4) is 0 Å². The molecule has 0 N–H and O–H groups in total. The molecular weight excluding hydrogens is 140 g/mol. The summed E-state index contributed by atoms with van der Waals surface area (Å²) >= 11 is 0. The maximum Gasteiger partial charge on any atom is 0.163 e. The molecule has 0 bridgehead atoms. The molecule has 2 atom stereocenters. The monoisotopic (exact) mass is 158 g/mol. The van der Waals surface area contributed by atoms with Crippen LogP contribution in [-0.2, 0) is 9.47 Å². The molecule has 0 unspecified atom stereocenters. The SMILES string of the molecule is CC[C@@H]1C[C@H](C)OC(C)(C)O1. The Morgan fingerprint density at radius 3 is 2.45 bits per heavy atom. The van der Waals surface area contributed by atoms with Crippen LogP contribution in [0.15, 0.2) is 0 Å². The van der Waals surface area contributed by atoms with Crippen molar-refractivity contribution in [2.75, 3.05) is 0 Å². The predicted octanol–water partition coefficient (Wildman–Crippen LogP) is 2.33. The first-order valence-corrected chi connectivity index (χ1v) is 4.39. The third-order valence-corrected chi connectivity index (χ3v) is 1.99. The maximum atomic E-state index is 5.67. The molecule has 2 nitrogen and oxygen atoms in total. The van der Waals surface area contributed by atoms with E-state index in [4.69, 9.17) is 9.47 Å². The topological polar surface area (TPSA) is 18.5 Å². The van der Waals surface area contributed by atoms with Gasteiger partial charge < -0.3 is 9.47 Å². The summed E-state index contributed by atoms with van der Waals surface area (Å²) in [5, 5.41) is 0. The molecule has 0 aromatic heterocycles. The highest BCUT2D eigenvalue weighted by Gasteiger charge is 2.32. The molecule has 1 aliphatic rings. The highest BCUT2D eigenvalue weighted by molar-refractivity contribution is 4.72. The van der Waals surface area contributed by atoms with Crippen molar-refractivity contribution in [3.8, 4) is 0 Å². The molecule has 1 aliphatic heterocycles. The van der Waals surface area contributed by atoms with Gasteiger partial charge in [0.1, 0.15) is 0 Å². The van der Waals surface area contributed by atoms with Gasteiger partial charge in [-0.15, -0.1) is 0 Å². The van der Waals surface area contributed by atoms with Crippen LogP contribution in [0.2, 0.25) is 0 Å². The molecule has 0 aromatic carbocycles. The molecule has 0 saturated carbocycles. The highest BCUT2D eigenvalue weighted by atomic mass is 16.7. The zero-order valence-electron chi connectivity index (χ0n) is 7.89. The van der Waals surface area contributed by atoms with Gasteiger partial charge in [0, 0.05) is 0 Å². The van der Waals surface area contributed by atoms with E-state index in [-0.39, 0.29) is 5.79 Å². The number of hydrogen-bond donors (Lipinski definition) is 0. The summed E-state index contributed by atoms with van der Waals surface area (Å²) in [4.78, 5) is 0. The summed E-state index contributed by atoms with van der Waals surface area (Å²) in [5.41, 5.74) is 0. The molecule has 1 rings (SSSR count). The van der Waals surface area contributed by atoms with Crippen molar-refractivity contribution in [1.29, 1.82) is 0 Å². The van der Waals surface area contributed by atoms with Crippen molar-refractivity contribution in [3.63, 3.8) is 0 Å². The minimum absolute atomic E-state index is 0.337. The van der Waals surface area contributed by atoms with Gasteiger partial charge in [0.15, 0.2) is 5.79 Å². The third-order valence-electron chi connectivity index (χ3n) is 1.99. The molecule has 0 spiro atoms. The summed E-state index contributed by atoms with van der Waals surface area (Å²) in [6, 6.07) is 0. The van der Waals surface area contributed by atoms with E-state index in [0.717, 1.165) is 12.8 Å². The van der Waals surface area contributed by atoms with Gasteiger partial charge in [0.2, 0.25) is 0 Å². The fourth-order valence-corrected chi connectivity index (χ4v) is 1.63. The molecule has 66 valence electrons. The van der Waals surface area contributed by atoms with E-state index in [1.54, 1.807) is 0 Å². The van der Waals surface area contributed by atoms with Crippen LogP contribution in [-0.4, -0.2) is 18.0 Å². The second-order valence-corrected chi connectivity index (χ2v) is 3.71. The average Bonchev–Trinajstić information content (AvgIpc) is 1.83. The molecule has 1 heterocycles. The standard InChI is InChI=1S/C9H18O2/c1-5-8-6-7(2)10-9(3,4)11-8/h7-8H,5-6H2,1-4H3/t7-,8+/m0/s1. The van der Waals surface area contributed by atoms with Gasteiger partial charge >= 0.3 is 0 Å². The molecular formula is C9H18O2. The zero-order chi connectivity index (χ0) is 8.48. The van der Waals surface area contributed by atoms with Gasteiger partial charge in [-0.3, -0.25) is 0 Å². The van der Waals surface area contributed by atoms with E-state index < -0.39 is 0 Å². The second-order valence-electron chi connectivity index (χ2n) is 3.71. The molecule has 0 aromatic rings. The molecule has 2 heteroatoms. The van der Waals surface area contributed by atoms with Crippen LogP contribution in [0.5, 0.6) is 0 Å². The lowest BCUT2D eigenvalue weighted by Crippen LogP contribution is -2.43. The minimum Gasteiger partial charge on any atom is -0.347 e. The fourth-order valence-electron chi connectivity index (χ4n) is 1.63. The van der Waals surface area contributed by atoms with Crippen molar-refractivity contribution >= 4 is 0 Å².